The number of aliphatic imine (C=N–C) groups is 2. The predicted octanol–water partition coefficient (Wildman–Crippen LogP) is 5.61. The molecule has 4 rings (SSSR count). The molecule has 0 unspecified atom stereocenters. The van der Waals surface area contributed by atoms with Gasteiger partial charge in [0.05, 0.1) is 24.5 Å². The highest BCUT2D eigenvalue weighted by molar-refractivity contribution is 6.02. The minimum absolute atomic E-state index is 0.404. The number of rotatable bonds is 9. The van der Waals surface area contributed by atoms with E-state index in [0.717, 1.165) is 16.7 Å². The van der Waals surface area contributed by atoms with Gasteiger partial charge >= 0.3 is 0 Å². The van der Waals surface area contributed by atoms with E-state index in [9.17, 15) is 0 Å². The van der Waals surface area contributed by atoms with E-state index in [1.54, 1.807) is 0 Å². The number of amidine groups is 2. The minimum atomic E-state index is 0.404. The lowest BCUT2D eigenvalue weighted by Gasteiger charge is -2.08. The average molecular weight is 462 g/mol. The molecule has 7 heteroatoms. The van der Waals surface area contributed by atoms with Crippen LogP contribution in [0, 0.1) is 0 Å². The molecule has 35 heavy (non-hydrogen) atoms. The summed E-state index contributed by atoms with van der Waals surface area (Å²) in [4.78, 5) is 9.04. The van der Waals surface area contributed by atoms with Crippen LogP contribution >= 0.6 is 0 Å². The van der Waals surface area contributed by atoms with Crippen LogP contribution < -0.4 is 16.9 Å². The number of hydrogen-bond acceptors (Lipinski definition) is 4. The van der Waals surface area contributed by atoms with Gasteiger partial charge in [0, 0.05) is 11.1 Å². The Morgan fingerprint density at radius 1 is 0.571 bits per heavy atom. The topological polar surface area (TPSA) is 114 Å². The van der Waals surface area contributed by atoms with Gasteiger partial charge in [-0.15, -0.1) is 5.11 Å². The zero-order chi connectivity index (χ0) is 24.3. The molecule has 0 aliphatic carbocycles. The van der Waals surface area contributed by atoms with E-state index in [-0.39, 0.29) is 0 Å². The van der Waals surface area contributed by atoms with Gasteiger partial charge in [0.2, 0.25) is 0 Å². The van der Waals surface area contributed by atoms with E-state index in [4.69, 9.17) is 11.5 Å². The van der Waals surface area contributed by atoms with Crippen molar-refractivity contribution in [1.29, 1.82) is 0 Å². The third-order valence-electron chi connectivity index (χ3n) is 5.26. The second-order valence-corrected chi connectivity index (χ2v) is 7.75. The van der Waals surface area contributed by atoms with Crippen LogP contribution in [0.5, 0.6) is 0 Å². The Hall–Kier alpha value is -4.78. The summed E-state index contributed by atoms with van der Waals surface area (Å²) < 4.78 is 0. The van der Waals surface area contributed by atoms with E-state index in [1.807, 2.05) is 109 Å². The molecule has 0 radical (unpaired) electrons. The highest BCUT2D eigenvalue weighted by atomic mass is 15.4. The van der Waals surface area contributed by atoms with Gasteiger partial charge in [0.25, 0.3) is 0 Å². The first-order chi connectivity index (χ1) is 17.2. The molecule has 0 aliphatic heterocycles. The summed E-state index contributed by atoms with van der Waals surface area (Å²) in [5.74, 6) is 0.825. The molecular formula is C28H27N7. The molecule has 0 bridgehead atoms. The summed E-state index contributed by atoms with van der Waals surface area (Å²) in [5, 5.41) is 8.53. The quantitative estimate of drug-likeness (QED) is 0.130. The number of para-hydroxylation sites is 1. The lowest BCUT2D eigenvalue weighted by molar-refractivity contribution is 1.06. The summed E-state index contributed by atoms with van der Waals surface area (Å²) in [5.41, 5.74) is 20.5. The van der Waals surface area contributed by atoms with E-state index >= 15 is 0 Å². The monoisotopic (exact) mass is 461 g/mol. The maximum absolute atomic E-state index is 6.28. The largest absolute Gasteiger partial charge is 0.383 e. The van der Waals surface area contributed by atoms with Crippen molar-refractivity contribution in [2.45, 2.75) is 13.1 Å². The highest BCUT2D eigenvalue weighted by Gasteiger charge is 2.07. The van der Waals surface area contributed by atoms with Crippen LogP contribution in [0.3, 0.4) is 0 Å². The van der Waals surface area contributed by atoms with Crippen molar-refractivity contribution in [3.8, 4) is 0 Å². The van der Waals surface area contributed by atoms with Gasteiger partial charge in [0.15, 0.2) is 0 Å². The zero-order valence-corrected chi connectivity index (χ0v) is 19.3. The molecule has 5 N–H and O–H groups in total. The Balaban J connectivity index is 1.48. The van der Waals surface area contributed by atoms with Crippen LogP contribution in [0.25, 0.3) is 0 Å². The SMILES string of the molecule is NC(=NCc1ccccc1)c1ccccc1N=NNc1ccccc1C(N)=NCc1ccccc1. The Bertz CT molecular complexity index is 1330. The van der Waals surface area contributed by atoms with Gasteiger partial charge in [-0.05, 0) is 35.4 Å². The number of benzene rings is 4. The van der Waals surface area contributed by atoms with Crippen LogP contribution in [0.4, 0.5) is 11.4 Å². The van der Waals surface area contributed by atoms with Gasteiger partial charge < -0.3 is 11.5 Å². The van der Waals surface area contributed by atoms with E-state index in [1.165, 1.54) is 0 Å². The standard InChI is InChI=1S/C28H27N7/c29-27(31-19-21-11-3-1-4-12-21)23-15-7-9-17-25(23)33-35-34-26-18-10-8-16-24(26)28(30)32-20-22-13-5-2-6-14-22/h1-18H,19-20H2,(H2,29,31)(H2,30,32)(H,33,34). The maximum atomic E-state index is 6.28. The van der Waals surface area contributed by atoms with E-state index in [0.29, 0.717) is 41.7 Å². The molecule has 0 atom stereocenters. The molecule has 4 aromatic rings. The number of anilines is 1. The lowest BCUT2D eigenvalue weighted by atomic mass is 10.1. The lowest BCUT2D eigenvalue weighted by Crippen LogP contribution is -2.15. The third kappa shape index (κ3) is 6.61. The molecule has 0 fully saturated rings. The van der Waals surface area contributed by atoms with E-state index < -0.39 is 0 Å². The van der Waals surface area contributed by atoms with Crippen molar-refractivity contribution in [2.75, 3.05) is 5.43 Å². The maximum Gasteiger partial charge on any atom is 0.128 e. The molecule has 174 valence electrons. The first-order valence-electron chi connectivity index (χ1n) is 11.2. The van der Waals surface area contributed by atoms with Crippen LogP contribution in [-0.2, 0) is 13.1 Å². The molecule has 0 saturated heterocycles. The minimum Gasteiger partial charge on any atom is -0.383 e. The van der Waals surface area contributed by atoms with Crippen LogP contribution in [0.2, 0.25) is 0 Å². The molecular weight excluding hydrogens is 434 g/mol. The van der Waals surface area contributed by atoms with Crippen molar-refractivity contribution in [1.82, 2.24) is 0 Å². The normalized spacial score (nSPS) is 12.1. The average Bonchev–Trinajstić information content (AvgIpc) is 2.92. The molecule has 0 amide bonds. The van der Waals surface area contributed by atoms with Crippen molar-refractivity contribution in [3.63, 3.8) is 0 Å². The third-order valence-corrected chi connectivity index (χ3v) is 5.26. The molecule has 4 aromatic carbocycles. The Kier molecular flexibility index (Phi) is 7.95. The predicted molar refractivity (Wildman–Crippen MR) is 143 cm³/mol. The first-order valence-corrected chi connectivity index (χ1v) is 11.2. The Morgan fingerprint density at radius 2 is 1.06 bits per heavy atom. The van der Waals surface area contributed by atoms with Gasteiger partial charge in [-0.2, -0.15) is 0 Å². The summed E-state index contributed by atoms with van der Waals surface area (Å²) in [6, 6.07) is 35.0. The molecule has 0 saturated carbocycles. The second-order valence-electron chi connectivity index (χ2n) is 7.75. The summed E-state index contributed by atoms with van der Waals surface area (Å²) >= 11 is 0. The second kappa shape index (κ2) is 11.9. The number of hydrogen-bond donors (Lipinski definition) is 3. The molecule has 0 aliphatic rings. The van der Waals surface area contributed by atoms with Gasteiger partial charge in [-0.25, -0.2) is 0 Å². The number of nitrogens with one attached hydrogen (secondary N) is 1. The van der Waals surface area contributed by atoms with E-state index in [2.05, 4.69) is 25.7 Å². The van der Waals surface area contributed by atoms with Crippen molar-refractivity contribution in [2.24, 2.45) is 31.8 Å². The molecule has 0 aromatic heterocycles. The fraction of sp³-hybridized carbons (Fsp3) is 0.0714. The van der Waals surface area contributed by atoms with Crippen LogP contribution in [0.15, 0.2) is 130 Å². The zero-order valence-electron chi connectivity index (χ0n) is 19.3. The fourth-order valence-corrected chi connectivity index (χ4v) is 3.40. The fourth-order valence-electron chi connectivity index (χ4n) is 3.40. The summed E-state index contributed by atoms with van der Waals surface area (Å²) in [6.07, 6.45) is 0. The molecule has 0 heterocycles. The van der Waals surface area contributed by atoms with Gasteiger partial charge in [-0.1, -0.05) is 90.2 Å². The van der Waals surface area contributed by atoms with Crippen molar-refractivity contribution >= 4 is 23.0 Å². The molecule has 7 nitrogen and oxygen atoms in total. The molecule has 0 spiro atoms. The van der Waals surface area contributed by atoms with Gasteiger partial charge in [-0.3, -0.25) is 15.4 Å². The van der Waals surface area contributed by atoms with Crippen LogP contribution in [0.1, 0.15) is 22.3 Å². The van der Waals surface area contributed by atoms with Crippen LogP contribution in [-0.4, -0.2) is 11.7 Å². The summed E-state index contributed by atoms with van der Waals surface area (Å²) in [6.45, 7) is 0.989. The first kappa shape index (κ1) is 23.4. The summed E-state index contributed by atoms with van der Waals surface area (Å²) in [7, 11) is 0. The Labute approximate surface area is 204 Å². The highest BCUT2D eigenvalue weighted by Crippen LogP contribution is 2.21. The smallest absolute Gasteiger partial charge is 0.128 e. The Morgan fingerprint density at radius 3 is 1.69 bits per heavy atom. The van der Waals surface area contributed by atoms with Crippen molar-refractivity contribution < 1.29 is 0 Å². The van der Waals surface area contributed by atoms with Gasteiger partial charge in [0.1, 0.15) is 11.7 Å². The number of nitrogens with two attached hydrogens (primary N) is 2. The number of nitrogens with zero attached hydrogens (tertiary/aromatic N) is 4. The van der Waals surface area contributed by atoms with Crippen molar-refractivity contribution in [3.05, 3.63) is 131 Å².